The van der Waals surface area contributed by atoms with Crippen LogP contribution < -0.4 is 10.2 Å². The highest BCUT2D eigenvalue weighted by Gasteiger charge is 2.35. The number of rotatable bonds is 4. The molecule has 0 atom stereocenters. The molecule has 1 fully saturated rings. The second kappa shape index (κ2) is 8.41. The van der Waals surface area contributed by atoms with Crippen LogP contribution in [0, 0.1) is 0 Å². The quantitative estimate of drug-likeness (QED) is 0.538. The van der Waals surface area contributed by atoms with Crippen molar-refractivity contribution in [3.05, 3.63) is 53.4 Å². The summed E-state index contributed by atoms with van der Waals surface area (Å²) in [5, 5.41) is 3.85. The first-order chi connectivity index (χ1) is 14.3. The summed E-state index contributed by atoms with van der Waals surface area (Å²) in [6, 6.07) is 7.86. The van der Waals surface area contributed by atoms with Gasteiger partial charge in [0.05, 0.1) is 10.4 Å². The van der Waals surface area contributed by atoms with Gasteiger partial charge in [0, 0.05) is 49.9 Å². The Balaban J connectivity index is 1.58. The third-order valence-corrected chi connectivity index (χ3v) is 6.08. The number of nitrogens with one attached hydrogen (secondary N) is 1. The van der Waals surface area contributed by atoms with Crippen molar-refractivity contribution < 1.29 is 13.2 Å². The number of hydrogen-bond donors (Lipinski definition) is 1. The van der Waals surface area contributed by atoms with Gasteiger partial charge in [-0.05, 0) is 42.9 Å². The topological polar surface area (TPSA) is 44.3 Å². The van der Waals surface area contributed by atoms with Crippen LogP contribution in [0.1, 0.15) is 5.56 Å². The lowest BCUT2D eigenvalue weighted by atomic mass is 10.1. The van der Waals surface area contributed by atoms with E-state index in [0.29, 0.717) is 29.1 Å². The van der Waals surface area contributed by atoms with Gasteiger partial charge in [0.25, 0.3) is 0 Å². The second-order valence-electron chi connectivity index (χ2n) is 7.04. The minimum atomic E-state index is -4.45. The summed E-state index contributed by atoms with van der Waals surface area (Å²) < 4.78 is 41.3. The van der Waals surface area contributed by atoms with Gasteiger partial charge in [-0.3, -0.25) is 0 Å². The van der Waals surface area contributed by atoms with Gasteiger partial charge < -0.3 is 15.1 Å². The first-order valence-corrected chi connectivity index (χ1v) is 10.5. The van der Waals surface area contributed by atoms with Crippen LogP contribution in [0.3, 0.4) is 0 Å². The molecular weight excluding hydrogens is 435 g/mol. The first-order valence-electron chi connectivity index (χ1n) is 9.29. The molecule has 1 aliphatic rings. The van der Waals surface area contributed by atoms with E-state index in [1.165, 1.54) is 17.4 Å². The Morgan fingerprint density at radius 1 is 1.07 bits per heavy atom. The van der Waals surface area contributed by atoms with Gasteiger partial charge in [-0.1, -0.05) is 22.9 Å². The lowest BCUT2D eigenvalue weighted by molar-refractivity contribution is -0.137. The van der Waals surface area contributed by atoms with E-state index in [9.17, 15) is 13.2 Å². The van der Waals surface area contributed by atoms with E-state index in [2.05, 4.69) is 20.2 Å². The number of likely N-dealkylation sites (N-methyl/N-ethyl adjacent to an activating group) is 1. The number of benzene rings is 1. The molecule has 158 valence electrons. The average molecular weight is 454 g/mol. The van der Waals surface area contributed by atoms with Crippen molar-refractivity contribution in [3.63, 3.8) is 0 Å². The fourth-order valence-corrected chi connectivity index (χ4v) is 4.32. The molecule has 1 aromatic carbocycles. The molecule has 30 heavy (non-hydrogen) atoms. The Morgan fingerprint density at radius 2 is 1.83 bits per heavy atom. The molecule has 10 heteroatoms. The Morgan fingerprint density at radius 3 is 2.53 bits per heavy atom. The first kappa shape index (κ1) is 20.9. The Kier molecular flexibility index (Phi) is 5.86. The fraction of sp³-hybridized carbons (Fsp3) is 0.300. The summed E-state index contributed by atoms with van der Waals surface area (Å²) in [4.78, 5) is 13.0. The number of halogens is 4. The van der Waals surface area contributed by atoms with Gasteiger partial charge >= 0.3 is 6.18 Å². The standard InChI is InChI=1S/C20H19ClF3N5S/c1-28-6-8-29(9-7-28)16-3-2-14(11-15(16)20(22,23)24)27-19-26-12-17(30-19)13-4-5-25-18(21)10-13/h2-5,10-12H,6-9H2,1H3,(H,26,27). The third-order valence-electron chi connectivity index (χ3n) is 4.91. The van der Waals surface area contributed by atoms with Crippen molar-refractivity contribution in [1.29, 1.82) is 0 Å². The lowest BCUT2D eigenvalue weighted by Crippen LogP contribution is -2.45. The largest absolute Gasteiger partial charge is 0.418 e. The average Bonchev–Trinajstić information content (AvgIpc) is 3.17. The van der Waals surface area contributed by atoms with Crippen molar-refractivity contribution in [2.75, 3.05) is 43.4 Å². The molecule has 2 aromatic heterocycles. The van der Waals surface area contributed by atoms with Crippen LogP contribution >= 0.6 is 22.9 Å². The summed E-state index contributed by atoms with van der Waals surface area (Å²) in [6.45, 7) is 2.60. The minimum Gasteiger partial charge on any atom is -0.368 e. The van der Waals surface area contributed by atoms with Crippen molar-refractivity contribution >= 4 is 39.4 Å². The molecule has 0 saturated carbocycles. The van der Waals surface area contributed by atoms with Crippen LogP contribution in [0.5, 0.6) is 0 Å². The van der Waals surface area contributed by atoms with Crippen molar-refractivity contribution in [2.45, 2.75) is 6.18 Å². The van der Waals surface area contributed by atoms with Crippen molar-refractivity contribution in [2.24, 2.45) is 0 Å². The molecule has 3 heterocycles. The van der Waals surface area contributed by atoms with E-state index in [0.717, 1.165) is 29.6 Å². The summed E-state index contributed by atoms with van der Waals surface area (Å²) >= 11 is 7.25. The Hall–Kier alpha value is -2.36. The van der Waals surface area contributed by atoms with Crippen LogP contribution in [-0.2, 0) is 6.18 Å². The highest BCUT2D eigenvalue weighted by molar-refractivity contribution is 7.18. The molecule has 1 N–H and O–H groups in total. The molecule has 0 aliphatic carbocycles. The van der Waals surface area contributed by atoms with Crippen molar-refractivity contribution in [3.8, 4) is 10.4 Å². The zero-order valence-electron chi connectivity index (χ0n) is 16.1. The lowest BCUT2D eigenvalue weighted by Gasteiger charge is -2.35. The zero-order chi connectivity index (χ0) is 21.3. The maximum Gasteiger partial charge on any atom is 0.418 e. The molecule has 4 rings (SSSR count). The third kappa shape index (κ3) is 4.69. The molecule has 0 bridgehead atoms. The van der Waals surface area contributed by atoms with Gasteiger partial charge in [0.1, 0.15) is 5.15 Å². The van der Waals surface area contributed by atoms with E-state index in [4.69, 9.17) is 11.6 Å². The van der Waals surface area contributed by atoms with Gasteiger partial charge in [0.15, 0.2) is 5.13 Å². The van der Waals surface area contributed by atoms with Gasteiger partial charge in [0.2, 0.25) is 0 Å². The van der Waals surface area contributed by atoms with E-state index in [-0.39, 0.29) is 5.69 Å². The number of alkyl halides is 3. The van der Waals surface area contributed by atoms with Crippen LogP contribution in [0.2, 0.25) is 5.15 Å². The van der Waals surface area contributed by atoms with Crippen LogP contribution in [0.25, 0.3) is 10.4 Å². The molecule has 0 spiro atoms. The SMILES string of the molecule is CN1CCN(c2ccc(Nc3ncc(-c4ccnc(Cl)c4)s3)cc2C(F)(F)F)CC1. The number of nitrogens with zero attached hydrogens (tertiary/aromatic N) is 4. The molecule has 3 aromatic rings. The normalized spacial score (nSPS) is 15.4. The van der Waals surface area contributed by atoms with Gasteiger partial charge in [-0.15, -0.1) is 0 Å². The summed E-state index contributed by atoms with van der Waals surface area (Å²) in [5.41, 5.74) is 0.762. The maximum atomic E-state index is 13.8. The zero-order valence-corrected chi connectivity index (χ0v) is 17.7. The molecule has 5 nitrogen and oxygen atoms in total. The number of hydrogen-bond acceptors (Lipinski definition) is 6. The highest BCUT2D eigenvalue weighted by atomic mass is 35.5. The van der Waals surface area contributed by atoms with Gasteiger partial charge in [-0.2, -0.15) is 13.2 Å². The van der Waals surface area contributed by atoms with Crippen LogP contribution in [0.4, 0.5) is 29.7 Å². The molecule has 0 amide bonds. The predicted molar refractivity (Wildman–Crippen MR) is 115 cm³/mol. The number of anilines is 3. The van der Waals surface area contributed by atoms with E-state index in [1.807, 2.05) is 7.05 Å². The fourth-order valence-electron chi connectivity index (χ4n) is 3.31. The monoisotopic (exact) mass is 453 g/mol. The number of piperazine rings is 1. The summed E-state index contributed by atoms with van der Waals surface area (Å²) in [5.74, 6) is 0. The number of pyridine rings is 1. The predicted octanol–water partition coefficient (Wildman–Crippen LogP) is 5.37. The van der Waals surface area contributed by atoms with Gasteiger partial charge in [-0.25, -0.2) is 9.97 Å². The number of thiazole rings is 1. The minimum absolute atomic E-state index is 0.215. The molecule has 0 unspecified atom stereocenters. The van der Waals surface area contributed by atoms with E-state index < -0.39 is 11.7 Å². The molecular formula is C20H19ClF3N5S. The molecule has 0 radical (unpaired) electrons. The smallest absolute Gasteiger partial charge is 0.368 e. The van der Waals surface area contributed by atoms with Crippen molar-refractivity contribution in [1.82, 2.24) is 14.9 Å². The van der Waals surface area contributed by atoms with E-state index >= 15 is 0 Å². The molecule has 1 saturated heterocycles. The Labute approximate surface area is 181 Å². The second-order valence-corrected chi connectivity index (χ2v) is 8.46. The highest BCUT2D eigenvalue weighted by Crippen LogP contribution is 2.39. The molecule has 1 aliphatic heterocycles. The Bertz CT molecular complexity index is 1030. The summed E-state index contributed by atoms with van der Waals surface area (Å²) in [6.07, 6.45) is -1.20. The van der Waals surface area contributed by atoms with Crippen LogP contribution in [0.15, 0.2) is 42.7 Å². The maximum absolute atomic E-state index is 13.8. The van der Waals surface area contributed by atoms with Crippen LogP contribution in [-0.4, -0.2) is 48.1 Å². The van der Waals surface area contributed by atoms with E-state index in [1.54, 1.807) is 35.5 Å². The summed E-state index contributed by atoms with van der Waals surface area (Å²) in [7, 11) is 1.97. The number of aromatic nitrogens is 2.